The molecule has 0 aliphatic heterocycles. The fourth-order valence-corrected chi connectivity index (χ4v) is 2.50. The van der Waals surface area contributed by atoms with E-state index in [0.29, 0.717) is 12.2 Å². The maximum Gasteiger partial charge on any atom is 0.315 e. The van der Waals surface area contributed by atoms with E-state index >= 15 is 0 Å². The molecule has 0 aliphatic carbocycles. The fraction of sp³-hybridized carbons (Fsp3) is 0.385. The second-order valence-electron chi connectivity index (χ2n) is 4.88. The van der Waals surface area contributed by atoms with Crippen LogP contribution in [-0.4, -0.2) is 23.1 Å². The second-order valence-corrected chi connectivity index (χ2v) is 5.72. The molecule has 0 atom stereocenters. The van der Waals surface area contributed by atoms with Crippen molar-refractivity contribution < 1.29 is 14.3 Å². The van der Waals surface area contributed by atoms with Gasteiger partial charge in [-0.25, -0.2) is 4.98 Å². The van der Waals surface area contributed by atoms with Gasteiger partial charge < -0.3 is 14.4 Å². The summed E-state index contributed by atoms with van der Waals surface area (Å²) in [6.07, 6.45) is 1.63. The molecule has 2 rings (SSSR count). The van der Waals surface area contributed by atoms with E-state index in [1.807, 2.05) is 24.1 Å². The van der Waals surface area contributed by atoms with Crippen LogP contribution >= 0.6 is 11.3 Å². The van der Waals surface area contributed by atoms with Gasteiger partial charge in [-0.1, -0.05) is 0 Å². The Hall–Kier alpha value is -1.82. The maximum absolute atomic E-state index is 11.2. The van der Waals surface area contributed by atoms with E-state index in [1.54, 1.807) is 25.5 Å². The summed E-state index contributed by atoms with van der Waals surface area (Å²) in [4.78, 5) is 17.5. The summed E-state index contributed by atoms with van der Waals surface area (Å²) in [6, 6.07) is 3.73. The second kappa shape index (κ2) is 5.05. The molecule has 6 heteroatoms. The molecule has 0 spiro atoms. The minimum atomic E-state index is -0.972. The van der Waals surface area contributed by atoms with E-state index in [4.69, 9.17) is 4.42 Å². The molecule has 0 unspecified atom stereocenters. The largest absolute Gasteiger partial charge is 0.481 e. The molecule has 5 nitrogen and oxygen atoms in total. The van der Waals surface area contributed by atoms with Crippen molar-refractivity contribution in [3.63, 3.8) is 0 Å². The van der Waals surface area contributed by atoms with E-state index in [0.717, 1.165) is 10.9 Å². The molecule has 1 N–H and O–H groups in total. The number of furan rings is 1. The van der Waals surface area contributed by atoms with Gasteiger partial charge in [0.05, 0.1) is 18.5 Å². The van der Waals surface area contributed by atoms with Gasteiger partial charge in [0.15, 0.2) is 5.13 Å². The van der Waals surface area contributed by atoms with E-state index in [9.17, 15) is 9.90 Å². The highest BCUT2D eigenvalue weighted by atomic mass is 32.1. The van der Waals surface area contributed by atoms with Gasteiger partial charge in [-0.05, 0) is 26.0 Å². The number of hydrogen-bond donors (Lipinski definition) is 1. The fourth-order valence-electron chi connectivity index (χ4n) is 1.54. The monoisotopic (exact) mass is 280 g/mol. The lowest BCUT2D eigenvalue weighted by Gasteiger charge is -2.17. The molecular weight excluding hydrogens is 264 g/mol. The predicted octanol–water partition coefficient (Wildman–Crippen LogP) is 2.73. The molecule has 0 fully saturated rings. The predicted molar refractivity (Wildman–Crippen MR) is 73.6 cm³/mol. The topological polar surface area (TPSA) is 66.6 Å². The number of rotatable bonds is 5. The molecule has 19 heavy (non-hydrogen) atoms. The van der Waals surface area contributed by atoms with Crippen molar-refractivity contribution in [3.05, 3.63) is 35.2 Å². The molecule has 0 bridgehead atoms. The van der Waals surface area contributed by atoms with Gasteiger partial charge in [-0.2, -0.15) is 0 Å². The number of anilines is 1. The molecule has 0 aliphatic rings. The summed E-state index contributed by atoms with van der Waals surface area (Å²) in [6.45, 7) is 3.91. The number of aliphatic carboxylic acids is 1. The highest BCUT2D eigenvalue weighted by Gasteiger charge is 2.32. The van der Waals surface area contributed by atoms with Crippen LogP contribution in [0.1, 0.15) is 25.3 Å². The molecule has 0 aromatic carbocycles. The van der Waals surface area contributed by atoms with E-state index in [-0.39, 0.29) is 0 Å². The van der Waals surface area contributed by atoms with Crippen LogP contribution in [0.3, 0.4) is 0 Å². The van der Waals surface area contributed by atoms with Crippen molar-refractivity contribution in [2.75, 3.05) is 11.9 Å². The first-order chi connectivity index (χ1) is 8.91. The van der Waals surface area contributed by atoms with E-state index < -0.39 is 11.4 Å². The van der Waals surface area contributed by atoms with E-state index in [2.05, 4.69) is 4.98 Å². The summed E-state index contributed by atoms with van der Waals surface area (Å²) >= 11 is 1.43. The van der Waals surface area contributed by atoms with Gasteiger partial charge in [0.25, 0.3) is 0 Å². The quantitative estimate of drug-likeness (QED) is 0.912. The molecule has 0 radical (unpaired) electrons. The third-order valence-corrected chi connectivity index (χ3v) is 3.92. The Morgan fingerprint density at radius 1 is 1.58 bits per heavy atom. The number of carbonyl (C=O) groups is 1. The van der Waals surface area contributed by atoms with Crippen molar-refractivity contribution in [1.82, 2.24) is 4.98 Å². The Morgan fingerprint density at radius 3 is 2.89 bits per heavy atom. The zero-order valence-electron chi connectivity index (χ0n) is 11.1. The average molecular weight is 280 g/mol. The summed E-state index contributed by atoms with van der Waals surface area (Å²) in [5.74, 6) is -0.0326. The summed E-state index contributed by atoms with van der Waals surface area (Å²) in [7, 11) is 1.90. The Kier molecular flexibility index (Phi) is 3.61. The lowest BCUT2D eigenvalue weighted by molar-refractivity contribution is -0.142. The summed E-state index contributed by atoms with van der Waals surface area (Å²) in [5, 5.41) is 11.8. The van der Waals surface area contributed by atoms with Crippen LogP contribution in [0.15, 0.2) is 28.2 Å². The minimum absolute atomic E-state index is 0.575. The number of aromatic nitrogens is 1. The molecule has 2 aromatic heterocycles. The highest BCUT2D eigenvalue weighted by Crippen LogP contribution is 2.29. The van der Waals surface area contributed by atoms with Crippen LogP contribution in [0.25, 0.3) is 0 Å². The molecule has 0 amide bonds. The van der Waals surface area contributed by atoms with Crippen molar-refractivity contribution in [2.45, 2.75) is 25.8 Å². The Balaban J connectivity index is 2.15. The van der Waals surface area contributed by atoms with Crippen LogP contribution in [0, 0.1) is 0 Å². The first kappa shape index (κ1) is 13.6. The van der Waals surface area contributed by atoms with Gasteiger partial charge >= 0.3 is 5.97 Å². The zero-order valence-corrected chi connectivity index (χ0v) is 11.9. The number of thiazole rings is 1. The standard InChI is InChI=1S/C13H16N2O3S/c1-13(2,11(16)17)10-8-19-12(14-10)15(3)7-9-5-4-6-18-9/h4-6,8H,7H2,1-3H3,(H,16,17). The van der Waals surface area contributed by atoms with Crippen molar-refractivity contribution in [2.24, 2.45) is 0 Å². The molecular formula is C13H16N2O3S. The van der Waals surface area contributed by atoms with Crippen molar-refractivity contribution in [3.8, 4) is 0 Å². The first-order valence-corrected chi connectivity index (χ1v) is 6.72. The average Bonchev–Trinajstić information content (AvgIpc) is 2.98. The SMILES string of the molecule is CN(Cc1ccco1)c1nc(C(C)(C)C(=O)O)cs1. The Bertz CT molecular complexity index is 560. The third kappa shape index (κ3) is 2.78. The van der Waals surface area contributed by atoms with Gasteiger partial charge in [-0.3, -0.25) is 4.79 Å². The van der Waals surface area contributed by atoms with Crippen LogP contribution in [0.4, 0.5) is 5.13 Å². The van der Waals surface area contributed by atoms with Gasteiger partial charge in [-0.15, -0.1) is 11.3 Å². The third-order valence-electron chi connectivity index (χ3n) is 2.97. The highest BCUT2D eigenvalue weighted by molar-refractivity contribution is 7.13. The smallest absolute Gasteiger partial charge is 0.315 e. The van der Waals surface area contributed by atoms with Crippen LogP contribution in [-0.2, 0) is 16.8 Å². The Labute approximate surface area is 115 Å². The number of hydrogen-bond acceptors (Lipinski definition) is 5. The minimum Gasteiger partial charge on any atom is -0.481 e. The van der Waals surface area contributed by atoms with Gasteiger partial charge in [0.2, 0.25) is 0 Å². The summed E-state index contributed by atoms with van der Waals surface area (Å²) in [5.41, 5.74) is -0.397. The van der Waals surface area contributed by atoms with E-state index in [1.165, 1.54) is 11.3 Å². The zero-order chi connectivity index (χ0) is 14.0. The normalized spacial score (nSPS) is 11.5. The van der Waals surface area contributed by atoms with Crippen LogP contribution in [0.2, 0.25) is 0 Å². The van der Waals surface area contributed by atoms with Gasteiger partial charge in [0.1, 0.15) is 11.2 Å². The molecule has 2 heterocycles. The molecule has 102 valence electrons. The van der Waals surface area contributed by atoms with Crippen molar-refractivity contribution in [1.29, 1.82) is 0 Å². The molecule has 0 saturated heterocycles. The van der Waals surface area contributed by atoms with Gasteiger partial charge in [0, 0.05) is 12.4 Å². The lowest BCUT2D eigenvalue weighted by atomic mass is 9.90. The molecule has 2 aromatic rings. The molecule has 0 saturated carbocycles. The van der Waals surface area contributed by atoms with Crippen molar-refractivity contribution >= 4 is 22.4 Å². The number of nitrogens with zero attached hydrogens (tertiary/aromatic N) is 2. The first-order valence-electron chi connectivity index (χ1n) is 5.84. The lowest BCUT2D eigenvalue weighted by Crippen LogP contribution is -2.29. The number of carboxylic acids is 1. The summed E-state index contributed by atoms with van der Waals surface area (Å²) < 4.78 is 5.28. The van der Waals surface area contributed by atoms with Crippen LogP contribution < -0.4 is 4.90 Å². The van der Waals surface area contributed by atoms with Crippen LogP contribution in [0.5, 0.6) is 0 Å². The Morgan fingerprint density at radius 2 is 2.32 bits per heavy atom. The number of carboxylic acid groups (broad SMARTS) is 1. The maximum atomic E-state index is 11.2.